The van der Waals surface area contributed by atoms with Gasteiger partial charge in [0.25, 0.3) is 5.91 Å². The number of H-pyrrole nitrogens is 1. The molecule has 1 atom stereocenters. The summed E-state index contributed by atoms with van der Waals surface area (Å²) in [6.07, 6.45) is 2.10. The van der Waals surface area contributed by atoms with E-state index in [1.54, 1.807) is 0 Å². The van der Waals surface area contributed by atoms with Crippen molar-refractivity contribution in [1.82, 2.24) is 20.4 Å². The highest BCUT2D eigenvalue weighted by atomic mass is 79.9. The number of piperidine rings is 1. The van der Waals surface area contributed by atoms with E-state index in [1.165, 1.54) is 5.56 Å². The maximum absolute atomic E-state index is 12.6. The predicted molar refractivity (Wildman–Crippen MR) is 103 cm³/mol. The summed E-state index contributed by atoms with van der Waals surface area (Å²) >= 11 is 3.51. The number of halogens is 1. The third kappa shape index (κ3) is 4.50. The number of rotatable bonds is 5. The van der Waals surface area contributed by atoms with E-state index in [2.05, 4.69) is 74.5 Å². The maximum atomic E-state index is 12.6. The normalized spacial score (nSPS) is 18.5. The third-order valence-corrected chi connectivity index (χ3v) is 5.42. The molecule has 0 bridgehead atoms. The Bertz CT molecular complexity index is 713. The van der Waals surface area contributed by atoms with Gasteiger partial charge in [-0.05, 0) is 46.8 Å². The molecular formula is C19H25BrN4O. The van der Waals surface area contributed by atoms with E-state index in [-0.39, 0.29) is 11.9 Å². The summed E-state index contributed by atoms with van der Waals surface area (Å²) in [6, 6.07) is 10.6. The second kappa shape index (κ2) is 8.15. The van der Waals surface area contributed by atoms with Gasteiger partial charge in [-0.2, -0.15) is 5.10 Å². The summed E-state index contributed by atoms with van der Waals surface area (Å²) in [7, 11) is 0. The predicted octanol–water partition coefficient (Wildman–Crippen LogP) is 3.69. The van der Waals surface area contributed by atoms with Gasteiger partial charge in [0.1, 0.15) is 0 Å². The molecule has 134 valence electrons. The number of hydrogen-bond donors (Lipinski definition) is 2. The molecule has 25 heavy (non-hydrogen) atoms. The number of likely N-dealkylation sites (tertiary alicyclic amines) is 1. The second-order valence-electron chi connectivity index (χ2n) is 6.99. The molecular weight excluding hydrogens is 380 g/mol. The van der Waals surface area contributed by atoms with Crippen molar-refractivity contribution in [3.8, 4) is 0 Å². The Hall–Kier alpha value is -1.66. The van der Waals surface area contributed by atoms with Crippen LogP contribution in [0, 0.1) is 0 Å². The van der Waals surface area contributed by atoms with Crippen LogP contribution in [0.1, 0.15) is 54.4 Å². The number of carbonyl (C=O) groups excluding carboxylic acids is 1. The highest BCUT2D eigenvalue weighted by Gasteiger charge is 2.25. The van der Waals surface area contributed by atoms with Crippen molar-refractivity contribution in [2.24, 2.45) is 0 Å². The molecule has 1 amide bonds. The maximum Gasteiger partial charge on any atom is 0.273 e. The van der Waals surface area contributed by atoms with Crippen LogP contribution in [0.2, 0.25) is 0 Å². The summed E-state index contributed by atoms with van der Waals surface area (Å²) in [5.41, 5.74) is 2.72. The summed E-state index contributed by atoms with van der Waals surface area (Å²) in [5.74, 6) is 0.182. The number of carbonyl (C=O) groups is 1. The molecule has 1 saturated heterocycles. The van der Waals surface area contributed by atoms with Crippen LogP contribution in [0.3, 0.4) is 0 Å². The minimum absolute atomic E-state index is 0.110. The lowest BCUT2D eigenvalue weighted by molar-refractivity contribution is 0.0895. The molecule has 1 fully saturated rings. The van der Waals surface area contributed by atoms with Crippen molar-refractivity contribution in [2.75, 3.05) is 13.1 Å². The SMILES string of the molecule is CC(C)c1[nH]nc(C(=O)NC2CCCN(Cc3ccccc3)C2)c1Br. The van der Waals surface area contributed by atoms with Crippen molar-refractivity contribution in [3.05, 3.63) is 51.8 Å². The van der Waals surface area contributed by atoms with E-state index in [1.807, 2.05) is 6.07 Å². The van der Waals surface area contributed by atoms with Gasteiger partial charge in [0.15, 0.2) is 5.69 Å². The largest absolute Gasteiger partial charge is 0.347 e. The topological polar surface area (TPSA) is 61.0 Å². The van der Waals surface area contributed by atoms with E-state index < -0.39 is 0 Å². The fourth-order valence-electron chi connectivity index (χ4n) is 3.29. The van der Waals surface area contributed by atoms with E-state index in [4.69, 9.17) is 0 Å². The Balaban J connectivity index is 1.60. The highest BCUT2D eigenvalue weighted by molar-refractivity contribution is 9.10. The van der Waals surface area contributed by atoms with Crippen molar-refractivity contribution in [1.29, 1.82) is 0 Å². The van der Waals surface area contributed by atoms with Gasteiger partial charge in [-0.15, -0.1) is 0 Å². The smallest absolute Gasteiger partial charge is 0.273 e. The second-order valence-corrected chi connectivity index (χ2v) is 7.78. The first-order valence-corrected chi connectivity index (χ1v) is 9.64. The first kappa shape index (κ1) is 18.1. The minimum Gasteiger partial charge on any atom is -0.347 e. The van der Waals surface area contributed by atoms with Crippen molar-refractivity contribution in [3.63, 3.8) is 0 Å². The molecule has 2 heterocycles. The number of aromatic nitrogens is 2. The molecule has 1 aromatic heterocycles. The molecule has 1 aliphatic heterocycles. The fraction of sp³-hybridized carbons (Fsp3) is 0.474. The summed E-state index contributed by atoms with van der Waals surface area (Å²) in [4.78, 5) is 15.0. The molecule has 1 aromatic carbocycles. The Morgan fingerprint density at radius 1 is 1.40 bits per heavy atom. The summed E-state index contributed by atoms with van der Waals surface area (Å²) in [5, 5.41) is 10.3. The molecule has 1 aliphatic rings. The molecule has 1 unspecified atom stereocenters. The average molecular weight is 405 g/mol. The van der Waals surface area contributed by atoms with Gasteiger partial charge < -0.3 is 5.32 Å². The Morgan fingerprint density at radius 2 is 2.16 bits per heavy atom. The van der Waals surface area contributed by atoms with Gasteiger partial charge in [0.05, 0.1) is 10.2 Å². The first-order valence-electron chi connectivity index (χ1n) is 8.85. The van der Waals surface area contributed by atoms with Crippen LogP contribution in [-0.4, -0.2) is 40.1 Å². The van der Waals surface area contributed by atoms with E-state index >= 15 is 0 Å². The lowest BCUT2D eigenvalue weighted by Gasteiger charge is -2.33. The molecule has 6 heteroatoms. The number of nitrogens with zero attached hydrogens (tertiary/aromatic N) is 2. The number of benzene rings is 1. The van der Waals surface area contributed by atoms with E-state index in [0.29, 0.717) is 11.6 Å². The zero-order chi connectivity index (χ0) is 17.8. The van der Waals surface area contributed by atoms with Crippen LogP contribution < -0.4 is 5.32 Å². The standard InChI is InChI=1S/C19H25BrN4O/c1-13(2)17-16(20)18(23-22-17)19(25)21-15-9-6-10-24(12-15)11-14-7-4-3-5-8-14/h3-5,7-8,13,15H,6,9-12H2,1-2H3,(H,21,25)(H,22,23). The quantitative estimate of drug-likeness (QED) is 0.798. The molecule has 0 aliphatic carbocycles. The van der Waals surface area contributed by atoms with Gasteiger partial charge in [0.2, 0.25) is 0 Å². The molecule has 2 aromatic rings. The monoisotopic (exact) mass is 404 g/mol. The van der Waals surface area contributed by atoms with E-state index in [0.717, 1.165) is 42.6 Å². The zero-order valence-electron chi connectivity index (χ0n) is 14.8. The van der Waals surface area contributed by atoms with Crippen LogP contribution in [0.4, 0.5) is 0 Å². The van der Waals surface area contributed by atoms with Crippen LogP contribution in [0.5, 0.6) is 0 Å². The number of hydrogen-bond acceptors (Lipinski definition) is 3. The van der Waals surface area contributed by atoms with Crippen molar-refractivity contribution < 1.29 is 4.79 Å². The number of nitrogens with one attached hydrogen (secondary N) is 2. The highest BCUT2D eigenvalue weighted by Crippen LogP contribution is 2.25. The Labute approximate surface area is 157 Å². The lowest BCUT2D eigenvalue weighted by atomic mass is 10.0. The molecule has 0 saturated carbocycles. The average Bonchev–Trinajstić information content (AvgIpc) is 2.98. The summed E-state index contributed by atoms with van der Waals surface area (Å²) in [6.45, 7) is 7.02. The van der Waals surface area contributed by atoms with Crippen molar-refractivity contribution in [2.45, 2.75) is 45.2 Å². The van der Waals surface area contributed by atoms with Gasteiger partial charge in [-0.25, -0.2) is 0 Å². The van der Waals surface area contributed by atoms with Crippen LogP contribution in [0.15, 0.2) is 34.8 Å². The third-order valence-electron chi connectivity index (χ3n) is 4.61. The minimum atomic E-state index is -0.110. The van der Waals surface area contributed by atoms with Gasteiger partial charge in [-0.1, -0.05) is 44.2 Å². The fourth-order valence-corrected chi connectivity index (χ4v) is 4.10. The Morgan fingerprint density at radius 3 is 2.84 bits per heavy atom. The molecule has 5 nitrogen and oxygen atoms in total. The van der Waals surface area contributed by atoms with Crippen LogP contribution >= 0.6 is 15.9 Å². The number of aromatic amines is 1. The molecule has 3 rings (SSSR count). The van der Waals surface area contributed by atoms with Gasteiger partial charge in [-0.3, -0.25) is 14.8 Å². The summed E-state index contributed by atoms with van der Waals surface area (Å²) < 4.78 is 0.775. The van der Waals surface area contributed by atoms with Gasteiger partial charge >= 0.3 is 0 Å². The van der Waals surface area contributed by atoms with Crippen LogP contribution in [-0.2, 0) is 6.54 Å². The number of amides is 1. The molecule has 0 spiro atoms. The van der Waals surface area contributed by atoms with Crippen LogP contribution in [0.25, 0.3) is 0 Å². The first-order chi connectivity index (χ1) is 12.0. The molecule has 2 N–H and O–H groups in total. The lowest BCUT2D eigenvalue weighted by Crippen LogP contribution is -2.47. The van der Waals surface area contributed by atoms with Gasteiger partial charge in [0, 0.05) is 19.1 Å². The van der Waals surface area contributed by atoms with Crippen molar-refractivity contribution >= 4 is 21.8 Å². The Kier molecular flexibility index (Phi) is 5.91. The van der Waals surface area contributed by atoms with E-state index in [9.17, 15) is 4.79 Å². The zero-order valence-corrected chi connectivity index (χ0v) is 16.3. The molecule has 0 radical (unpaired) electrons.